The number of nitrogens with one attached hydrogen (secondary N) is 1. The molecule has 0 atom stereocenters. The molecule has 14 heavy (non-hydrogen) atoms. The Hall–Kier alpha value is 0.160. The van der Waals surface area contributed by atoms with E-state index in [9.17, 15) is 8.42 Å². The molecule has 0 aromatic heterocycles. The van der Waals surface area contributed by atoms with E-state index >= 15 is 0 Å². The van der Waals surface area contributed by atoms with E-state index in [-0.39, 0.29) is 18.4 Å². The molecule has 1 aliphatic carbocycles. The number of sulfonamides is 1. The Morgan fingerprint density at radius 2 is 1.79 bits per heavy atom. The minimum absolute atomic E-state index is 0. The van der Waals surface area contributed by atoms with Crippen molar-refractivity contribution in [3.05, 3.63) is 0 Å². The topological polar surface area (TPSA) is 72.2 Å². The van der Waals surface area contributed by atoms with Crippen molar-refractivity contribution < 1.29 is 8.42 Å². The van der Waals surface area contributed by atoms with Crippen LogP contribution in [0.15, 0.2) is 0 Å². The van der Waals surface area contributed by atoms with Gasteiger partial charge in [-0.05, 0) is 38.1 Å². The van der Waals surface area contributed by atoms with E-state index in [0.29, 0.717) is 5.92 Å². The zero-order chi connectivity index (χ0) is 9.90. The lowest BCUT2D eigenvalue weighted by molar-refractivity contribution is 0.319. The summed E-state index contributed by atoms with van der Waals surface area (Å²) in [6, 6.07) is 0.137. The van der Waals surface area contributed by atoms with Gasteiger partial charge in [-0.15, -0.1) is 12.4 Å². The fraction of sp³-hybridized carbons (Fsp3) is 1.00. The van der Waals surface area contributed by atoms with Gasteiger partial charge in [-0.1, -0.05) is 0 Å². The Morgan fingerprint density at radius 3 is 2.14 bits per heavy atom. The normalized spacial score (nSPS) is 28.1. The molecule has 86 valence electrons. The third-order valence-corrected chi connectivity index (χ3v) is 3.32. The maximum atomic E-state index is 10.9. The predicted octanol–water partition coefficient (Wildman–Crippen LogP) is 0.475. The van der Waals surface area contributed by atoms with Crippen LogP contribution in [0.1, 0.15) is 25.7 Å². The molecule has 6 heteroatoms. The second-order valence-corrected chi connectivity index (χ2v) is 5.62. The molecule has 1 saturated carbocycles. The summed E-state index contributed by atoms with van der Waals surface area (Å²) in [4.78, 5) is 0. The summed E-state index contributed by atoms with van der Waals surface area (Å²) in [6.45, 7) is 0.728. The van der Waals surface area contributed by atoms with E-state index in [4.69, 9.17) is 5.73 Å². The SMILES string of the molecule is CS(=O)(=O)NC1CCC(CN)CC1.Cl. The summed E-state index contributed by atoms with van der Waals surface area (Å²) in [6.07, 6.45) is 5.15. The first-order valence-electron chi connectivity index (χ1n) is 4.68. The van der Waals surface area contributed by atoms with E-state index in [1.54, 1.807) is 0 Å². The third-order valence-electron chi connectivity index (χ3n) is 2.56. The second-order valence-electron chi connectivity index (χ2n) is 3.84. The van der Waals surface area contributed by atoms with Crippen molar-refractivity contribution in [2.45, 2.75) is 31.7 Å². The standard InChI is InChI=1S/C8H18N2O2S.ClH/c1-13(11,12)10-8-4-2-7(6-9)3-5-8;/h7-8,10H,2-6,9H2,1H3;1H. The van der Waals surface area contributed by atoms with Crippen LogP contribution in [0, 0.1) is 5.92 Å². The number of hydrogen-bond acceptors (Lipinski definition) is 3. The molecule has 0 aromatic rings. The average molecular weight is 243 g/mol. The van der Waals surface area contributed by atoms with Crippen LogP contribution in [-0.2, 0) is 10.0 Å². The smallest absolute Gasteiger partial charge is 0.208 e. The van der Waals surface area contributed by atoms with Crippen LogP contribution >= 0.6 is 12.4 Å². The van der Waals surface area contributed by atoms with Gasteiger partial charge in [-0.3, -0.25) is 0 Å². The molecule has 0 aromatic carbocycles. The van der Waals surface area contributed by atoms with E-state index in [1.807, 2.05) is 0 Å². The summed E-state index contributed by atoms with van der Waals surface area (Å²) in [5.41, 5.74) is 5.54. The Morgan fingerprint density at radius 1 is 1.29 bits per heavy atom. The highest BCUT2D eigenvalue weighted by Gasteiger charge is 2.21. The summed E-state index contributed by atoms with van der Waals surface area (Å²) in [5.74, 6) is 0.595. The lowest BCUT2D eigenvalue weighted by Crippen LogP contribution is -2.37. The first-order chi connectivity index (χ1) is 6.01. The highest BCUT2D eigenvalue weighted by molar-refractivity contribution is 7.88. The van der Waals surface area contributed by atoms with Gasteiger partial charge in [-0.25, -0.2) is 13.1 Å². The van der Waals surface area contributed by atoms with Crippen LogP contribution in [0.25, 0.3) is 0 Å². The molecule has 0 amide bonds. The Bertz CT molecular complexity index is 248. The fourth-order valence-corrected chi connectivity index (χ4v) is 2.66. The highest BCUT2D eigenvalue weighted by atomic mass is 35.5. The van der Waals surface area contributed by atoms with Crippen LogP contribution in [0.2, 0.25) is 0 Å². The van der Waals surface area contributed by atoms with Gasteiger partial charge in [0.05, 0.1) is 6.26 Å². The summed E-state index contributed by atoms with van der Waals surface area (Å²) < 4.78 is 24.5. The molecule has 4 nitrogen and oxygen atoms in total. The molecular formula is C8H19ClN2O2S. The summed E-state index contributed by atoms with van der Waals surface area (Å²) in [7, 11) is -3.03. The van der Waals surface area contributed by atoms with E-state index < -0.39 is 10.0 Å². The van der Waals surface area contributed by atoms with Crippen molar-refractivity contribution in [1.29, 1.82) is 0 Å². The lowest BCUT2D eigenvalue weighted by Gasteiger charge is -2.27. The zero-order valence-corrected chi connectivity index (χ0v) is 10.0. The van der Waals surface area contributed by atoms with Crippen LogP contribution in [-0.4, -0.2) is 27.3 Å². The lowest BCUT2D eigenvalue weighted by atomic mass is 9.87. The number of hydrogen-bond donors (Lipinski definition) is 2. The van der Waals surface area contributed by atoms with E-state index in [1.165, 1.54) is 6.26 Å². The fourth-order valence-electron chi connectivity index (χ4n) is 1.82. The molecule has 0 unspecified atom stereocenters. The van der Waals surface area contributed by atoms with Gasteiger partial charge in [0.1, 0.15) is 0 Å². The van der Waals surface area contributed by atoms with Gasteiger partial charge in [0, 0.05) is 6.04 Å². The maximum absolute atomic E-state index is 10.9. The first-order valence-corrected chi connectivity index (χ1v) is 6.58. The molecule has 1 aliphatic rings. The van der Waals surface area contributed by atoms with Gasteiger partial charge in [0.25, 0.3) is 0 Å². The van der Waals surface area contributed by atoms with Crippen LogP contribution in [0.3, 0.4) is 0 Å². The third kappa shape index (κ3) is 5.14. The van der Waals surface area contributed by atoms with Gasteiger partial charge < -0.3 is 5.73 Å². The Balaban J connectivity index is 0.00000169. The van der Waals surface area contributed by atoms with Crippen molar-refractivity contribution >= 4 is 22.4 Å². The van der Waals surface area contributed by atoms with Gasteiger partial charge in [0.2, 0.25) is 10.0 Å². The van der Waals surface area contributed by atoms with Crippen molar-refractivity contribution in [1.82, 2.24) is 4.72 Å². The largest absolute Gasteiger partial charge is 0.330 e. The molecule has 0 saturated heterocycles. The molecule has 0 radical (unpaired) electrons. The van der Waals surface area contributed by atoms with Crippen LogP contribution < -0.4 is 10.5 Å². The minimum Gasteiger partial charge on any atom is -0.330 e. The summed E-state index contributed by atoms with van der Waals surface area (Å²) in [5, 5.41) is 0. The van der Waals surface area contributed by atoms with Crippen molar-refractivity contribution in [3.8, 4) is 0 Å². The number of halogens is 1. The van der Waals surface area contributed by atoms with Crippen molar-refractivity contribution in [3.63, 3.8) is 0 Å². The number of nitrogens with two attached hydrogens (primary N) is 1. The molecule has 1 fully saturated rings. The monoisotopic (exact) mass is 242 g/mol. The minimum atomic E-state index is -3.03. The quantitative estimate of drug-likeness (QED) is 0.756. The molecule has 0 spiro atoms. The van der Waals surface area contributed by atoms with Crippen molar-refractivity contribution in [2.75, 3.05) is 12.8 Å². The van der Waals surface area contributed by atoms with E-state index in [2.05, 4.69) is 4.72 Å². The maximum Gasteiger partial charge on any atom is 0.208 e. The average Bonchev–Trinajstić information content (AvgIpc) is 2.03. The van der Waals surface area contributed by atoms with Crippen LogP contribution in [0.4, 0.5) is 0 Å². The molecule has 3 N–H and O–H groups in total. The van der Waals surface area contributed by atoms with Gasteiger partial charge in [-0.2, -0.15) is 0 Å². The Labute approximate surface area is 92.1 Å². The second kappa shape index (κ2) is 5.90. The molecule has 1 rings (SSSR count). The van der Waals surface area contributed by atoms with Gasteiger partial charge >= 0.3 is 0 Å². The zero-order valence-electron chi connectivity index (χ0n) is 8.40. The Kier molecular flexibility index (Phi) is 5.97. The molecule has 0 bridgehead atoms. The van der Waals surface area contributed by atoms with Gasteiger partial charge in [0.15, 0.2) is 0 Å². The van der Waals surface area contributed by atoms with Crippen molar-refractivity contribution in [2.24, 2.45) is 11.7 Å². The van der Waals surface area contributed by atoms with Crippen LogP contribution in [0.5, 0.6) is 0 Å². The molecule has 0 aliphatic heterocycles. The number of rotatable bonds is 3. The molecular weight excluding hydrogens is 224 g/mol. The molecule has 0 heterocycles. The highest BCUT2D eigenvalue weighted by Crippen LogP contribution is 2.23. The predicted molar refractivity (Wildman–Crippen MR) is 60.0 cm³/mol. The summed E-state index contributed by atoms with van der Waals surface area (Å²) >= 11 is 0. The first kappa shape index (κ1) is 14.2. The van der Waals surface area contributed by atoms with E-state index in [0.717, 1.165) is 32.2 Å².